The van der Waals surface area contributed by atoms with Crippen LogP contribution in [0.5, 0.6) is 0 Å². The third-order valence-corrected chi connectivity index (χ3v) is 5.44. The molecule has 0 spiro atoms. The van der Waals surface area contributed by atoms with Gasteiger partial charge in [0.05, 0.1) is 5.92 Å². The Bertz CT molecular complexity index is 717. The quantitative estimate of drug-likeness (QED) is 0.800. The molecule has 1 aromatic rings. The van der Waals surface area contributed by atoms with E-state index >= 15 is 0 Å². The molecule has 142 valence electrons. The van der Waals surface area contributed by atoms with E-state index in [1.54, 1.807) is 0 Å². The number of aryl methyl sites for hydroxylation is 2. The van der Waals surface area contributed by atoms with Gasteiger partial charge in [0, 0.05) is 25.2 Å². The lowest BCUT2D eigenvalue weighted by atomic mass is 9.98. The van der Waals surface area contributed by atoms with Crippen LogP contribution < -0.4 is 4.90 Å². The van der Waals surface area contributed by atoms with Gasteiger partial charge in [-0.25, -0.2) is 0 Å². The third kappa shape index (κ3) is 3.57. The van der Waals surface area contributed by atoms with Crippen LogP contribution in [0.15, 0.2) is 18.2 Å². The number of likely N-dealkylation sites (tertiary alicyclic amines) is 1. The lowest BCUT2D eigenvalue weighted by Crippen LogP contribution is -2.53. The van der Waals surface area contributed by atoms with Gasteiger partial charge in [-0.05, 0) is 56.4 Å². The molecule has 2 heterocycles. The zero-order chi connectivity index (χ0) is 19.1. The summed E-state index contributed by atoms with van der Waals surface area (Å²) in [6.07, 6.45) is -3.48. The number of nitrogens with zero attached hydrogens (tertiary/aromatic N) is 2. The van der Waals surface area contributed by atoms with Gasteiger partial charge in [-0.15, -0.1) is 0 Å². The predicted octanol–water partition coefficient (Wildman–Crippen LogP) is 3.60. The molecule has 0 saturated carbocycles. The fourth-order valence-electron chi connectivity index (χ4n) is 3.79. The smallest absolute Gasteiger partial charge is 0.330 e. The van der Waals surface area contributed by atoms with Gasteiger partial charge in [0.1, 0.15) is 6.04 Å². The highest BCUT2D eigenvalue weighted by Gasteiger charge is 2.48. The Morgan fingerprint density at radius 3 is 2.54 bits per heavy atom. The molecule has 26 heavy (non-hydrogen) atoms. The molecule has 0 aliphatic carbocycles. The summed E-state index contributed by atoms with van der Waals surface area (Å²) in [6, 6.07) is 3.86. The number of hydrogen-bond acceptors (Lipinski definition) is 2. The number of benzene rings is 1. The molecule has 2 amide bonds. The molecule has 2 unspecified atom stereocenters. The maximum Gasteiger partial charge on any atom is 0.408 e. The van der Waals surface area contributed by atoms with Gasteiger partial charge in [-0.3, -0.25) is 9.59 Å². The van der Waals surface area contributed by atoms with Crippen molar-refractivity contribution in [3.05, 3.63) is 29.3 Å². The summed E-state index contributed by atoms with van der Waals surface area (Å²) in [6.45, 7) is 4.15. The third-order valence-electron chi connectivity index (χ3n) is 5.44. The topological polar surface area (TPSA) is 40.6 Å². The number of halogens is 3. The molecule has 2 saturated heterocycles. The summed E-state index contributed by atoms with van der Waals surface area (Å²) in [4.78, 5) is 27.6. The Kier molecular flexibility index (Phi) is 4.99. The molecular formula is C19H23F3N2O2. The van der Waals surface area contributed by atoms with Crippen molar-refractivity contribution in [3.63, 3.8) is 0 Å². The van der Waals surface area contributed by atoms with Crippen molar-refractivity contribution in [1.82, 2.24) is 4.90 Å². The van der Waals surface area contributed by atoms with E-state index in [0.717, 1.165) is 16.0 Å². The lowest BCUT2D eigenvalue weighted by Gasteiger charge is -2.38. The van der Waals surface area contributed by atoms with Crippen LogP contribution in [0.3, 0.4) is 0 Å². The molecule has 0 N–H and O–H groups in total. The van der Waals surface area contributed by atoms with E-state index in [9.17, 15) is 22.8 Å². The first kappa shape index (κ1) is 18.7. The predicted molar refractivity (Wildman–Crippen MR) is 91.8 cm³/mol. The van der Waals surface area contributed by atoms with Gasteiger partial charge in [0.2, 0.25) is 11.8 Å². The number of amides is 2. The molecule has 1 aromatic carbocycles. The Balaban J connectivity index is 1.77. The molecule has 2 aliphatic heterocycles. The van der Waals surface area contributed by atoms with E-state index in [-0.39, 0.29) is 31.8 Å². The highest BCUT2D eigenvalue weighted by molar-refractivity contribution is 6.00. The van der Waals surface area contributed by atoms with Crippen LogP contribution in [0, 0.1) is 19.8 Å². The van der Waals surface area contributed by atoms with Gasteiger partial charge < -0.3 is 9.80 Å². The van der Waals surface area contributed by atoms with E-state index in [2.05, 4.69) is 0 Å². The van der Waals surface area contributed by atoms with E-state index < -0.39 is 24.0 Å². The van der Waals surface area contributed by atoms with Crippen molar-refractivity contribution in [2.24, 2.45) is 5.92 Å². The van der Waals surface area contributed by atoms with E-state index in [0.29, 0.717) is 18.5 Å². The number of alkyl halides is 3. The second-order valence-electron chi connectivity index (χ2n) is 7.26. The van der Waals surface area contributed by atoms with E-state index in [1.165, 1.54) is 4.90 Å². The van der Waals surface area contributed by atoms with Crippen LogP contribution in [0.1, 0.15) is 36.8 Å². The minimum Gasteiger partial charge on any atom is -0.330 e. The van der Waals surface area contributed by atoms with Crippen molar-refractivity contribution in [3.8, 4) is 0 Å². The highest BCUT2D eigenvalue weighted by Crippen LogP contribution is 2.35. The summed E-state index contributed by atoms with van der Waals surface area (Å²) in [5.41, 5.74) is 2.81. The van der Waals surface area contributed by atoms with Crippen LogP contribution in [-0.2, 0) is 9.59 Å². The maximum atomic E-state index is 13.3. The molecule has 3 rings (SSSR count). The Morgan fingerprint density at radius 2 is 1.88 bits per heavy atom. The molecule has 0 radical (unpaired) electrons. The summed E-state index contributed by atoms with van der Waals surface area (Å²) in [5.74, 6) is -1.48. The van der Waals surface area contributed by atoms with Crippen molar-refractivity contribution in [2.75, 3.05) is 18.0 Å². The number of piperidine rings is 1. The van der Waals surface area contributed by atoms with Crippen molar-refractivity contribution < 1.29 is 22.8 Å². The number of anilines is 1. The number of rotatable bonds is 2. The largest absolute Gasteiger partial charge is 0.408 e. The van der Waals surface area contributed by atoms with Crippen LogP contribution in [-0.4, -0.2) is 42.0 Å². The van der Waals surface area contributed by atoms with Crippen molar-refractivity contribution in [1.29, 1.82) is 0 Å². The minimum absolute atomic E-state index is 0.0349. The Morgan fingerprint density at radius 1 is 1.15 bits per heavy atom. The SMILES string of the molecule is Cc1ccc(N2CC(C(=O)N3CCCCC3C(F)(F)F)CC2=O)cc1C. The number of carbonyl (C=O) groups is 2. The summed E-state index contributed by atoms with van der Waals surface area (Å²) in [7, 11) is 0. The molecule has 0 aromatic heterocycles. The average Bonchev–Trinajstić information content (AvgIpc) is 2.98. The molecule has 0 bridgehead atoms. The van der Waals surface area contributed by atoms with Gasteiger partial charge in [-0.2, -0.15) is 13.2 Å². The van der Waals surface area contributed by atoms with E-state index in [1.807, 2.05) is 32.0 Å². The highest BCUT2D eigenvalue weighted by atomic mass is 19.4. The maximum absolute atomic E-state index is 13.3. The van der Waals surface area contributed by atoms with Gasteiger partial charge in [0.15, 0.2) is 0 Å². The average molecular weight is 368 g/mol. The monoisotopic (exact) mass is 368 g/mol. The zero-order valence-electron chi connectivity index (χ0n) is 15.0. The first-order valence-corrected chi connectivity index (χ1v) is 8.93. The zero-order valence-corrected chi connectivity index (χ0v) is 15.0. The molecular weight excluding hydrogens is 345 g/mol. The molecule has 2 fully saturated rings. The van der Waals surface area contributed by atoms with Crippen molar-refractivity contribution in [2.45, 2.75) is 51.7 Å². The van der Waals surface area contributed by atoms with Crippen LogP contribution in [0.2, 0.25) is 0 Å². The lowest BCUT2D eigenvalue weighted by molar-refractivity contribution is -0.197. The van der Waals surface area contributed by atoms with Crippen molar-refractivity contribution >= 4 is 17.5 Å². The molecule has 7 heteroatoms. The number of carbonyl (C=O) groups excluding carboxylic acids is 2. The first-order valence-electron chi connectivity index (χ1n) is 8.93. The summed E-state index contributed by atoms with van der Waals surface area (Å²) >= 11 is 0. The Labute approximate surface area is 151 Å². The second kappa shape index (κ2) is 6.93. The summed E-state index contributed by atoms with van der Waals surface area (Å²) < 4.78 is 39.8. The van der Waals surface area contributed by atoms with Crippen LogP contribution >= 0.6 is 0 Å². The molecule has 2 aliphatic rings. The van der Waals surface area contributed by atoms with Crippen LogP contribution in [0.4, 0.5) is 18.9 Å². The number of hydrogen-bond donors (Lipinski definition) is 0. The van der Waals surface area contributed by atoms with Crippen LogP contribution in [0.25, 0.3) is 0 Å². The fraction of sp³-hybridized carbons (Fsp3) is 0.579. The molecule has 4 nitrogen and oxygen atoms in total. The van der Waals surface area contributed by atoms with Gasteiger partial charge in [-0.1, -0.05) is 6.07 Å². The van der Waals surface area contributed by atoms with Gasteiger partial charge >= 0.3 is 6.18 Å². The normalized spacial score (nSPS) is 24.3. The standard InChI is InChI=1S/C19H23F3N2O2/c1-12-6-7-15(9-13(12)2)24-11-14(10-17(24)25)18(26)23-8-4-3-5-16(23)19(20,21)22/h6-7,9,14,16H,3-5,8,10-11H2,1-2H3. The summed E-state index contributed by atoms with van der Waals surface area (Å²) in [5, 5.41) is 0. The molecule has 2 atom stereocenters. The Hall–Kier alpha value is -2.05. The first-order chi connectivity index (χ1) is 12.2. The van der Waals surface area contributed by atoms with E-state index in [4.69, 9.17) is 0 Å². The second-order valence-corrected chi connectivity index (χ2v) is 7.26. The minimum atomic E-state index is -4.42. The fourth-order valence-corrected chi connectivity index (χ4v) is 3.79. The van der Waals surface area contributed by atoms with Gasteiger partial charge in [0.25, 0.3) is 0 Å².